The minimum Gasteiger partial charge on any atom is -0.362 e. The lowest BCUT2D eigenvalue weighted by atomic mass is 9.98. The molecule has 2 rings (SSSR count). The zero-order chi connectivity index (χ0) is 10.7. The third kappa shape index (κ3) is 2.39. The molecule has 0 saturated heterocycles. The van der Waals surface area contributed by atoms with Crippen LogP contribution in [0.3, 0.4) is 0 Å². The van der Waals surface area contributed by atoms with Gasteiger partial charge in [0.1, 0.15) is 12.1 Å². The summed E-state index contributed by atoms with van der Waals surface area (Å²) in [5, 5.41) is 3.49. The van der Waals surface area contributed by atoms with Crippen molar-refractivity contribution in [1.82, 2.24) is 9.97 Å². The van der Waals surface area contributed by atoms with Crippen LogP contribution in [0, 0.1) is 3.57 Å². The second-order valence-corrected chi connectivity index (χ2v) is 5.20. The Kier molecular flexibility index (Phi) is 3.40. The molecule has 4 nitrogen and oxygen atoms in total. The van der Waals surface area contributed by atoms with Crippen molar-refractivity contribution in [2.45, 2.75) is 31.2 Å². The number of nitrogens with one attached hydrogen (secondary N) is 1. The van der Waals surface area contributed by atoms with Gasteiger partial charge in [-0.3, -0.25) is 0 Å². The zero-order valence-electron chi connectivity index (χ0n) is 8.54. The maximum atomic E-state index is 5.86. The summed E-state index contributed by atoms with van der Waals surface area (Å²) >= 11 is 2.24. The first-order valence-electron chi connectivity index (χ1n) is 5.19. The number of nitrogens with zero attached hydrogens (tertiary/aromatic N) is 2. The number of nitrogens with two attached hydrogens (primary N) is 1. The summed E-state index contributed by atoms with van der Waals surface area (Å²) in [7, 11) is 0. The third-order valence-electron chi connectivity index (χ3n) is 3.00. The Balaban J connectivity index is 2.16. The van der Waals surface area contributed by atoms with Crippen molar-refractivity contribution in [2.24, 2.45) is 5.73 Å². The molecule has 0 aromatic carbocycles. The van der Waals surface area contributed by atoms with Gasteiger partial charge in [-0.2, -0.15) is 0 Å². The van der Waals surface area contributed by atoms with E-state index in [1.165, 1.54) is 12.8 Å². The summed E-state index contributed by atoms with van der Waals surface area (Å²) in [4.78, 5) is 8.23. The fraction of sp³-hybridized carbons (Fsp3) is 0.600. The fourth-order valence-corrected chi connectivity index (χ4v) is 2.52. The highest BCUT2D eigenvalue weighted by atomic mass is 127. The maximum absolute atomic E-state index is 5.86. The van der Waals surface area contributed by atoms with Crippen LogP contribution in [0.25, 0.3) is 0 Å². The highest BCUT2D eigenvalue weighted by Gasteiger charge is 2.32. The van der Waals surface area contributed by atoms with E-state index in [4.69, 9.17) is 5.73 Å². The molecular weight excluding hydrogens is 303 g/mol. The average Bonchev–Trinajstić information content (AvgIpc) is 2.71. The normalized spacial score (nSPS) is 19.1. The van der Waals surface area contributed by atoms with Crippen molar-refractivity contribution in [3.05, 3.63) is 16.1 Å². The summed E-state index contributed by atoms with van der Waals surface area (Å²) in [6, 6.07) is 0. The van der Waals surface area contributed by atoms with Gasteiger partial charge in [0.2, 0.25) is 0 Å². The molecule has 82 valence electrons. The number of rotatable bonds is 3. The van der Waals surface area contributed by atoms with Gasteiger partial charge < -0.3 is 11.1 Å². The molecule has 1 aromatic rings. The minimum absolute atomic E-state index is 0.0638. The molecule has 0 aliphatic heterocycles. The summed E-state index contributed by atoms with van der Waals surface area (Å²) in [5.41, 5.74) is 5.92. The van der Waals surface area contributed by atoms with E-state index < -0.39 is 0 Å². The Bertz CT molecular complexity index is 336. The first-order valence-corrected chi connectivity index (χ1v) is 6.27. The molecule has 0 spiro atoms. The van der Waals surface area contributed by atoms with Gasteiger partial charge in [-0.15, -0.1) is 0 Å². The number of aromatic nitrogens is 2. The Morgan fingerprint density at radius 3 is 2.80 bits per heavy atom. The largest absolute Gasteiger partial charge is 0.362 e. The van der Waals surface area contributed by atoms with Gasteiger partial charge in [0.25, 0.3) is 0 Å². The lowest BCUT2D eigenvalue weighted by Gasteiger charge is -2.29. The standard InChI is InChI=1S/C10H15IN4/c11-8-5-13-7-14-9(8)15-10(6-12)3-1-2-4-10/h5,7H,1-4,6,12H2,(H,13,14,15). The SMILES string of the molecule is NCC1(Nc2ncncc2I)CCCC1. The van der Waals surface area contributed by atoms with Gasteiger partial charge in [-0.1, -0.05) is 12.8 Å². The first-order chi connectivity index (χ1) is 7.26. The van der Waals surface area contributed by atoms with Crippen LogP contribution < -0.4 is 11.1 Å². The first kappa shape index (κ1) is 11.1. The second-order valence-electron chi connectivity index (χ2n) is 4.04. The van der Waals surface area contributed by atoms with Crippen LogP contribution in [0.5, 0.6) is 0 Å². The molecule has 0 unspecified atom stereocenters. The Labute approximate surface area is 103 Å². The van der Waals surface area contributed by atoms with E-state index in [1.54, 1.807) is 6.33 Å². The molecule has 1 aliphatic rings. The molecule has 1 heterocycles. The highest BCUT2D eigenvalue weighted by molar-refractivity contribution is 14.1. The fourth-order valence-electron chi connectivity index (χ4n) is 2.09. The van der Waals surface area contributed by atoms with E-state index in [1.807, 2.05) is 6.20 Å². The molecule has 0 amide bonds. The van der Waals surface area contributed by atoms with Gasteiger partial charge >= 0.3 is 0 Å². The summed E-state index contributed by atoms with van der Waals surface area (Å²) in [6.07, 6.45) is 8.18. The molecule has 0 radical (unpaired) electrons. The maximum Gasteiger partial charge on any atom is 0.143 e. The zero-order valence-corrected chi connectivity index (χ0v) is 10.7. The van der Waals surface area contributed by atoms with E-state index in [-0.39, 0.29) is 5.54 Å². The molecule has 0 atom stereocenters. The van der Waals surface area contributed by atoms with E-state index in [2.05, 4.69) is 37.9 Å². The minimum atomic E-state index is 0.0638. The van der Waals surface area contributed by atoms with Crippen molar-refractivity contribution < 1.29 is 0 Å². The molecule has 0 bridgehead atoms. The van der Waals surface area contributed by atoms with Crippen LogP contribution in [0.2, 0.25) is 0 Å². The van der Waals surface area contributed by atoms with E-state index >= 15 is 0 Å². The predicted octanol–water partition coefficient (Wildman–Crippen LogP) is 1.76. The molecule has 1 saturated carbocycles. The molecule has 1 fully saturated rings. The number of halogens is 1. The molecular formula is C10H15IN4. The molecule has 5 heteroatoms. The third-order valence-corrected chi connectivity index (χ3v) is 3.79. The lowest BCUT2D eigenvalue weighted by Crippen LogP contribution is -2.43. The smallest absolute Gasteiger partial charge is 0.143 e. The molecule has 3 N–H and O–H groups in total. The Morgan fingerprint density at radius 2 is 2.20 bits per heavy atom. The summed E-state index contributed by atoms with van der Waals surface area (Å²) in [5.74, 6) is 0.915. The Morgan fingerprint density at radius 1 is 1.47 bits per heavy atom. The van der Waals surface area contributed by atoms with Gasteiger partial charge in [0.15, 0.2) is 0 Å². The summed E-state index contributed by atoms with van der Waals surface area (Å²) < 4.78 is 1.05. The topological polar surface area (TPSA) is 63.8 Å². The van der Waals surface area contributed by atoms with Crippen molar-refractivity contribution in [3.8, 4) is 0 Å². The Hall–Kier alpha value is -0.430. The van der Waals surface area contributed by atoms with Crippen molar-refractivity contribution in [1.29, 1.82) is 0 Å². The molecule has 1 aliphatic carbocycles. The van der Waals surface area contributed by atoms with Gasteiger partial charge in [0, 0.05) is 12.7 Å². The van der Waals surface area contributed by atoms with Gasteiger partial charge in [-0.05, 0) is 35.4 Å². The highest BCUT2D eigenvalue weighted by Crippen LogP contribution is 2.32. The van der Waals surface area contributed by atoms with E-state index in [0.29, 0.717) is 6.54 Å². The van der Waals surface area contributed by atoms with Crippen LogP contribution in [-0.2, 0) is 0 Å². The number of hydrogen-bond donors (Lipinski definition) is 2. The van der Waals surface area contributed by atoms with Crippen LogP contribution in [-0.4, -0.2) is 22.1 Å². The van der Waals surface area contributed by atoms with Gasteiger partial charge in [-0.25, -0.2) is 9.97 Å². The summed E-state index contributed by atoms with van der Waals surface area (Å²) in [6.45, 7) is 0.674. The van der Waals surface area contributed by atoms with Crippen molar-refractivity contribution >= 4 is 28.4 Å². The number of anilines is 1. The molecule has 1 aromatic heterocycles. The average molecular weight is 318 g/mol. The van der Waals surface area contributed by atoms with E-state index in [0.717, 1.165) is 22.2 Å². The van der Waals surface area contributed by atoms with Crippen LogP contribution >= 0.6 is 22.6 Å². The monoisotopic (exact) mass is 318 g/mol. The van der Waals surface area contributed by atoms with E-state index in [9.17, 15) is 0 Å². The van der Waals surface area contributed by atoms with Crippen LogP contribution in [0.1, 0.15) is 25.7 Å². The van der Waals surface area contributed by atoms with Crippen molar-refractivity contribution in [2.75, 3.05) is 11.9 Å². The quantitative estimate of drug-likeness (QED) is 0.834. The van der Waals surface area contributed by atoms with Crippen LogP contribution in [0.15, 0.2) is 12.5 Å². The van der Waals surface area contributed by atoms with Crippen LogP contribution in [0.4, 0.5) is 5.82 Å². The van der Waals surface area contributed by atoms with Crippen molar-refractivity contribution in [3.63, 3.8) is 0 Å². The second kappa shape index (κ2) is 4.61. The predicted molar refractivity (Wildman–Crippen MR) is 68.6 cm³/mol. The number of hydrogen-bond acceptors (Lipinski definition) is 4. The van der Waals surface area contributed by atoms with Gasteiger partial charge in [0.05, 0.1) is 9.11 Å². The molecule has 15 heavy (non-hydrogen) atoms. The lowest BCUT2D eigenvalue weighted by molar-refractivity contribution is 0.491.